The lowest BCUT2D eigenvalue weighted by atomic mass is 10.1. The largest absolute Gasteiger partial charge is 0.497 e. The Hall–Kier alpha value is -1.73. The van der Waals surface area contributed by atoms with Gasteiger partial charge in [0.1, 0.15) is 11.8 Å². The molecule has 20 heavy (non-hydrogen) atoms. The van der Waals surface area contributed by atoms with E-state index in [-0.39, 0.29) is 0 Å². The van der Waals surface area contributed by atoms with Crippen LogP contribution < -0.4 is 9.64 Å². The first-order valence-electron chi connectivity index (χ1n) is 7.30. The zero-order chi connectivity index (χ0) is 14.5. The first kappa shape index (κ1) is 14.7. The molecule has 0 aromatic heterocycles. The zero-order valence-electron chi connectivity index (χ0n) is 12.6. The Labute approximate surface area is 121 Å². The molecule has 108 valence electrons. The van der Waals surface area contributed by atoms with Gasteiger partial charge < -0.3 is 9.64 Å². The molecule has 1 saturated heterocycles. The normalized spacial score (nSPS) is 18.4. The lowest BCUT2D eigenvalue weighted by Crippen LogP contribution is -2.37. The van der Waals surface area contributed by atoms with Crippen molar-refractivity contribution in [2.75, 3.05) is 38.2 Å². The first-order valence-corrected chi connectivity index (χ1v) is 7.30. The highest BCUT2D eigenvalue weighted by molar-refractivity contribution is 5.62. The number of ether oxygens (including phenoxy) is 1. The fraction of sp³-hybridized carbons (Fsp3) is 0.562. The molecular formula is C16H23N3O. The molecule has 1 aliphatic rings. The van der Waals surface area contributed by atoms with E-state index in [1.54, 1.807) is 7.11 Å². The fourth-order valence-electron chi connectivity index (χ4n) is 2.99. The van der Waals surface area contributed by atoms with Crippen LogP contribution in [0.2, 0.25) is 0 Å². The molecule has 0 bridgehead atoms. The van der Waals surface area contributed by atoms with Crippen LogP contribution in [-0.2, 0) is 0 Å². The van der Waals surface area contributed by atoms with Crippen molar-refractivity contribution in [3.05, 3.63) is 23.8 Å². The molecule has 4 nitrogen and oxygen atoms in total. The van der Waals surface area contributed by atoms with E-state index in [0.29, 0.717) is 6.04 Å². The number of likely N-dealkylation sites (N-methyl/N-ethyl adjacent to an activating group) is 1. The van der Waals surface area contributed by atoms with E-state index in [1.807, 2.05) is 18.2 Å². The monoisotopic (exact) mass is 273 g/mol. The maximum Gasteiger partial charge on any atom is 0.121 e. The highest BCUT2D eigenvalue weighted by Crippen LogP contribution is 2.29. The number of anilines is 1. The van der Waals surface area contributed by atoms with Crippen LogP contribution in [-0.4, -0.2) is 44.2 Å². The number of hydrogen-bond acceptors (Lipinski definition) is 4. The van der Waals surface area contributed by atoms with Gasteiger partial charge in [-0.2, -0.15) is 5.26 Å². The van der Waals surface area contributed by atoms with Crippen molar-refractivity contribution in [2.24, 2.45) is 0 Å². The van der Waals surface area contributed by atoms with Gasteiger partial charge >= 0.3 is 0 Å². The average Bonchev–Trinajstić information content (AvgIpc) is 2.97. The van der Waals surface area contributed by atoms with Crippen molar-refractivity contribution in [2.45, 2.75) is 26.3 Å². The Balaban J connectivity index is 2.19. The van der Waals surface area contributed by atoms with Gasteiger partial charge in [0.25, 0.3) is 0 Å². The maximum absolute atomic E-state index is 9.28. The Morgan fingerprint density at radius 2 is 2.15 bits per heavy atom. The van der Waals surface area contributed by atoms with E-state index in [2.05, 4.69) is 29.7 Å². The summed E-state index contributed by atoms with van der Waals surface area (Å²) >= 11 is 0. The summed E-state index contributed by atoms with van der Waals surface area (Å²) in [6.45, 7) is 8.57. The van der Waals surface area contributed by atoms with Gasteiger partial charge in [0.05, 0.1) is 18.4 Å². The molecule has 1 aromatic carbocycles. The number of benzene rings is 1. The van der Waals surface area contributed by atoms with Crippen LogP contribution in [0.3, 0.4) is 0 Å². The quantitative estimate of drug-likeness (QED) is 0.826. The molecule has 0 radical (unpaired) electrons. The highest BCUT2D eigenvalue weighted by atomic mass is 16.5. The molecule has 0 saturated carbocycles. The van der Waals surface area contributed by atoms with E-state index in [9.17, 15) is 5.26 Å². The molecule has 0 aliphatic carbocycles. The molecule has 2 rings (SSSR count). The molecule has 1 aromatic rings. The van der Waals surface area contributed by atoms with Crippen molar-refractivity contribution in [1.82, 2.24) is 4.90 Å². The second-order valence-electron chi connectivity index (χ2n) is 5.10. The number of rotatable bonds is 5. The Morgan fingerprint density at radius 1 is 1.40 bits per heavy atom. The van der Waals surface area contributed by atoms with Gasteiger partial charge in [0.15, 0.2) is 0 Å². The van der Waals surface area contributed by atoms with E-state index in [4.69, 9.17) is 4.74 Å². The molecule has 0 amide bonds. The summed E-state index contributed by atoms with van der Waals surface area (Å²) in [6, 6.07) is 8.54. The van der Waals surface area contributed by atoms with Crippen molar-refractivity contribution in [1.29, 1.82) is 5.26 Å². The topological polar surface area (TPSA) is 39.5 Å². The predicted molar refractivity (Wildman–Crippen MR) is 81.2 cm³/mol. The van der Waals surface area contributed by atoms with E-state index < -0.39 is 0 Å². The molecular weight excluding hydrogens is 250 g/mol. The molecule has 1 fully saturated rings. The van der Waals surface area contributed by atoms with E-state index in [0.717, 1.165) is 49.6 Å². The first-order chi connectivity index (χ1) is 9.73. The van der Waals surface area contributed by atoms with Crippen LogP contribution in [0.5, 0.6) is 5.75 Å². The molecule has 1 heterocycles. The molecule has 0 spiro atoms. The van der Waals surface area contributed by atoms with E-state index in [1.165, 1.54) is 0 Å². The summed E-state index contributed by atoms with van der Waals surface area (Å²) in [7, 11) is 1.66. The second-order valence-corrected chi connectivity index (χ2v) is 5.10. The van der Waals surface area contributed by atoms with E-state index >= 15 is 0 Å². The number of hydrogen-bond donors (Lipinski definition) is 0. The zero-order valence-corrected chi connectivity index (χ0v) is 12.6. The third-order valence-electron chi connectivity index (χ3n) is 4.16. The number of methoxy groups -OCH3 is 1. The summed E-state index contributed by atoms with van der Waals surface area (Å²) in [5.74, 6) is 0.810. The van der Waals surface area contributed by atoms with Gasteiger partial charge in [-0.1, -0.05) is 13.8 Å². The average molecular weight is 273 g/mol. The van der Waals surface area contributed by atoms with Crippen LogP contribution >= 0.6 is 0 Å². The van der Waals surface area contributed by atoms with Gasteiger partial charge in [0, 0.05) is 25.2 Å². The van der Waals surface area contributed by atoms with Crippen molar-refractivity contribution < 1.29 is 4.74 Å². The summed E-state index contributed by atoms with van der Waals surface area (Å²) in [4.78, 5) is 4.80. The Bertz CT molecular complexity index is 491. The smallest absolute Gasteiger partial charge is 0.121 e. The van der Waals surface area contributed by atoms with Gasteiger partial charge in [0.2, 0.25) is 0 Å². The van der Waals surface area contributed by atoms with Gasteiger partial charge in [-0.25, -0.2) is 0 Å². The van der Waals surface area contributed by atoms with Crippen LogP contribution in [0.15, 0.2) is 18.2 Å². The van der Waals surface area contributed by atoms with Crippen LogP contribution in [0.4, 0.5) is 5.69 Å². The van der Waals surface area contributed by atoms with Crippen LogP contribution in [0.25, 0.3) is 0 Å². The molecule has 4 heteroatoms. The van der Waals surface area contributed by atoms with Gasteiger partial charge in [-0.05, 0) is 31.6 Å². The Morgan fingerprint density at radius 3 is 2.75 bits per heavy atom. The van der Waals surface area contributed by atoms with Gasteiger partial charge in [-0.3, -0.25) is 4.90 Å². The minimum absolute atomic E-state index is 0.586. The van der Waals surface area contributed by atoms with Crippen molar-refractivity contribution in [3.8, 4) is 11.8 Å². The second kappa shape index (κ2) is 6.62. The highest BCUT2D eigenvalue weighted by Gasteiger charge is 2.27. The molecule has 1 aliphatic heterocycles. The van der Waals surface area contributed by atoms with Crippen LogP contribution in [0.1, 0.15) is 25.8 Å². The third kappa shape index (κ3) is 2.88. The fourth-order valence-corrected chi connectivity index (χ4v) is 2.99. The summed E-state index contributed by atoms with van der Waals surface area (Å²) in [5, 5.41) is 9.28. The lowest BCUT2D eigenvalue weighted by molar-refractivity contribution is 0.232. The summed E-state index contributed by atoms with van der Waals surface area (Å²) < 4.78 is 5.28. The van der Waals surface area contributed by atoms with Crippen molar-refractivity contribution in [3.63, 3.8) is 0 Å². The third-order valence-corrected chi connectivity index (χ3v) is 4.16. The summed E-state index contributed by atoms with van der Waals surface area (Å²) in [5.41, 5.74) is 1.73. The van der Waals surface area contributed by atoms with Gasteiger partial charge in [-0.15, -0.1) is 0 Å². The number of nitrogens with zero attached hydrogens (tertiary/aromatic N) is 3. The Kier molecular flexibility index (Phi) is 4.86. The van der Waals surface area contributed by atoms with Crippen LogP contribution in [0, 0.1) is 11.3 Å². The minimum atomic E-state index is 0.586. The SMILES string of the molecule is CCN(CC)C1CCN(c2cc(OC)ccc2C#N)C1. The predicted octanol–water partition coefficient (Wildman–Crippen LogP) is 2.49. The molecule has 1 atom stereocenters. The molecule has 1 unspecified atom stereocenters. The standard InChI is InChI=1S/C16H23N3O/c1-4-18(5-2)14-8-9-19(12-14)16-10-15(20-3)7-6-13(16)11-17/h6-7,10,14H,4-5,8-9,12H2,1-3H3. The number of nitriles is 1. The van der Waals surface area contributed by atoms with Crippen molar-refractivity contribution >= 4 is 5.69 Å². The lowest BCUT2D eigenvalue weighted by Gasteiger charge is -2.27. The maximum atomic E-state index is 9.28. The summed E-state index contributed by atoms with van der Waals surface area (Å²) in [6.07, 6.45) is 1.16. The molecule has 0 N–H and O–H groups in total. The minimum Gasteiger partial charge on any atom is -0.497 e.